The maximum absolute atomic E-state index is 11.1. The zero-order valence-electron chi connectivity index (χ0n) is 9.53. The minimum atomic E-state index is -2.81. The van der Waals surface area contributed by atoms with Gasteiger partial charge in [0.2, 0.25) is 0 Å². The van der Waals surface area contributed by atoms with Crippen LogP contribution in [0.5, 0.6) is 0 Å². The van der Waals surface area contributed by atoms with Crippen molar-refractivity contribution in [1.82, 2.24) is 5.32 Å². The highest BCUT2D eigenvalue weighted by molar-refractivity contribution is 7.99. The van der Waals surface area contributed by atoms with Crippen LogP contribution in [0.2, 0.25) is 0 Å². The Morgan fingerprint density at radius 1 is 1.53 bits per heavy atom. The average Bonchev–Trinajstić information content (AvgIpc) is 2.63. The number of hydrogen-bond donors (Lipinski definition) is 1. The van der Waals surface area contributed by atoms with Gasteiger partial charge in [-0.15, -0.1) is 0 Å². The summed E-state index contributed by atoms with van der Waals surface area (Å²) < 4.78 is 22.2. The molecule has 1 heterocycles. The van der Waals surface area contributed by atoms with E-state index < -0.39 is 9.84 Å². The molecule has 1 fully saturated rings. The van der Waals surface area contributed by atoms with Gasteiger partial charge in [-0.3, -0.25) is 0 Å². The second-order valence-electron chi connectivity index (χ2n) is 4.21. The molecule has 0 radical (unpaired) electrons. The lowest BCUT2D eigenvalue weighted by atomic mass is 9.97. The Hall–Kier alpha value is 0.260. The molecule has 0 aromatic heterocycles. The first kappa shape index (κ1) is 13.3. The number of thioether (sulfide) groups is 1. The van der Waals surface area contributed by atoms with Crippen LogP contribution in [-0.2, 0) is 9.84 Å². The maximum Gasteiger partial charge on any atom is 0.147 e. The summed E-state index contributed by atoms with van der Waals surface area (Å²) >= 11 is 1.98. The van der Waals surface area contributed by atoms with Crippen molar-refractivity contribution in [2.75, 3.05) is 30.1 Å². The summed E-state index contributed by atoms with van der Waals surface area (Å²) in [7, 11) is -2.81. The molecule has 0 aliphatic carbocycles. The van der Waals surface area contributed by atoms with Crippen LogP contribution < -0.4 is 5.32 Å². The van der Waals surface area contributed by atoms with Crippen LogP contribution in [0, 0.1) is 5.92 Å². The van der Waals surface area contributed by atoms with E-state index in [1.807, 2.05) is 11.8 Å². The monoisotopic (exact) mass is 251 g/mol. The summed E-state index contributed by atoms with van der Waals surface area (Å²) in [6, 6.07) is 0.389. The van der Waals surface area contributed by atoms with Crippen LogP contribution in [0.4, 0.5) is 0 Å². The third-order valence-corrected chi connectivity index (χ3v) is 4.97. The van der Waals surface area contributed by atoms with E-state index in [9.17, 15) is 8.42 Å². The molecule has 1 aliphatic heterocycles. The van der Waals surface area contributed by atoms with E-state index in [1.165, 1.54) is 24.2 Å². The fourth-order valence-corrected chi connectivity index (χ4v) is 4.00. The van der Waals surface area contributed by atoms with Crippen molar-refractivity contribution >= 4 is 21.6 Å². The zero-order chi connectivity index (χ0) is 11.3. The highest BCUT2D eigenvalue weighted by Gasteiger charge is 2.25. The molecule has 90 valence electrons. The van der Waals surface area contributed by atoms with Crippen molar-refractivity contribution in [3.8, 4) is 0 Å². The van der Waals surface area contributed by atoms with E-state index in [0.29, 0.717) is 17.7 Å². The Morgan fingerprint density at radius 3 is 2.73 bits per heavy atom. The minimum absolute atomic E-state index is 0.311. The quantitative estimate of drug-likeness (QED) is 0.769. The van der Waals surface area contributed by atoms with Gasteiger partial charge in [-0.05, 0) is 36.8 Å². The molecule has 0 bridgehead atoms. The maximum atomic E-state index is 11.1. The topological polar surface area (TPSA) is 46.2 Å². The molecule has 0 amide bonds. The van der Waals surface area contributed by atoms with Crippen LogP contribution in [0.15, 0.2) is 0 Å². The van der Waals surface area contributed by atoms with Gasteiger partial charge in [0.15, 0.2) is 0 Å². The van der Waals surface area contributed by atoms with Gasteiger partial charge < -0.3 is 5.32 Å². The van der Waals surface area contributed by atoms with Crippen LogP contribution in [0.25, 0.3) is 0 Å². The predicted octanol–water partition coefficient (Wildman–Crippen LogP) is 1.15. The number of rotatable bonds is 6. The highest BCUT2D eigenvalue weighted by Crippen LogP contribution is 2.27. The average molecular weight is 251 g/mol. The van der Waals surface area contributed by atoms with Gasteiger partial charge in [-0.2, -0.15) is 11.8 Å². The molecule has 2 atom stereocenters. The lowest BCUT2D eigenvalue weighted by Gasteiger charge is -2.23. The number of nitrogens with one attached hydrogen (secondary N) is 1. The van der Waals surface area contributed by atoms with Gasteiger partial charge in [-0.1, -0.05) is 6.92 Å². The molecule has 0 aromatic rings. The van der Waals surface area contributed by atoms with Crippen molar-refractivity contribution in [3.05, 3.63) is 0 Å². The molecular weight excluding hydrogens is 230 g/mol. The Balaban J connectivity index is 2.42. The Bertz CT molecular complexity index is 271. The zero-order valence-corrected chi connectivity index (χ0v) is 11.2. The van der Waals surface area contributed by atoms with Crippen molar-refractivity contribution in [2.45, 2.75) is 25.8 Å². The SMILES string of the molecule is CCNC(CCS(C)(=O)=O)C1CCSC1. The lowest BCUT2D eigenvalue weighted by molar-refractivity contribution is 0.380. The van der Waals surface area contributed by atoms with Gasteiger partial charge in [0.25, 0.3) is 0 Å². The third-order valence-electron chi connectivity index (χ3n) is 2.80. The predicted molar refractivity (Wildman–Crippen MR) is 67.2 cm³/mol. The van der Waals surface area contributed by atoms with E-state index >= 15 is 0 Å². The molecular formula is C10H21NO2S2. The normalized spacial score (nSPS) is 24.3. The standard InChI is InChI=1S/C10H21NO2S2/c1-3-11-10(5-7-15(2,12)13)9-4-6-14-8-9/h9-11H,3-8H2,1-2H3. The first-order valence-corrected chi connectivity index (χ1v) is 8.73. The van der Waals surface area contributed by atoms with Crippen LogP contribution >= 0.6 is 11.8 Å². The molecule has 0 aromatic carbocycles. The van der Waals surface area contributed by atoms with Crippen molar-refractivity contribution < 1.29 is 8.42 Å². The molecule has 1 aliphatic rings. The Kier molecular flexibility index (Phi) is 5.43. The van der Waals surface area contributed by atoms with Gasteiger partial charge in [0.1, 0.15) is 9.84 Å². The van der Waals surface area contributed by atoms with Crippen molar-refractivity contribution in [3.63, 3.8) is 0 Å². The summed E-state index contributed by atoms with van der Waals surface area (Å²) in [5.41, 5.74) is 0. The molecule has 2 unspecified atom stereocenters. The minimum Gasteiger partial charge on any atom is -0.314 e. The largest absolute Gasteiger partial charge is 0.314 e. The molecule has 1 rings (SSSR count). The smallest absolute Gasteiger partial charge is 0.147 e. The lowest BCUT2D eigenvalue weighted by Crippen LogP contribution is -2.37. The van der Waals surface area contributed by atoms with E-state index in [-0.39, 0.29) is 0 Å². The molecule has 0 spiro atoms. The van der Waals surface area contributed by atoms with Crippen LogP contribution in [0.3, 0.4) is 0 Å². The van der Waals surface area contributed by atoms with Crippen LogP contribution in [-0.4, -0.2) is 44.5 Å². The van der Waals surface area contributed by atoms with Gasteiger partial charge >= 0.3 is 0 Å². The molecule has 5 heteroatoms. The fraction of sp³-hybridized carbons (Fsp3) is 1.00. The molecule has 1 N–H and O–H groups in total. The Labute approximate surface area is 97.3 Å². The second-order valence-corrected chi connectivity index (χ2v) is 7.62. The molecule has 1 saturated heterocycles. The van der Waals surface area contributed by atoms with Crippen LogP contribution in [0.1, 0.15) is 19.8 Å². The Morgan fingerprint density at radius 2 is 2.27 bits per heavy atom. The third kappa shape index (κ3) is 5.22. The van der Waals surface area contributed by atoms with E-state index in [0.717, 1.165) is 13.0 Å². The van der Waals surface area contributed by atoms with Crippen molar-refractivity contribution in [1.29, 1.82) is 0 Å². The first-order chi connectivity index (χ1) is 7.03. The summed E-state index contributed by atoms with van der Waals surface area (Å²) in [6.07, 6.45) is 3.31. The second kappa shape index (κ2) is 6.11. The summed E-state index contributed by atoms with van der Waals surface area (Å²) in [5, 5.41) is 3.42. The summed E-state index contributed by atoms with van der Waals surface area (Å²) in [4.78, 5) is 0. The summed E-state index contributed by atoms with van der Waals surface area (Å²) in [6.45, 7) is 3.01. The summed E-state index contributed by atoms with van der Waals surface area (Å²) in [5.74, 6) is 3.38. The van der Waals surface area contributed by atoms with Gasteiger partial charge in [0.05, 0.1) is 5.75 Å². The first-order valence-electron chi connectivity index (χ1n) is 5.52. The molecule has 3 nitrogen and oxygen atoms in total. The van der Waals surface area contributed by atoms with E-state index in [1.54, 1.807) is 0 Å². The fourth-order valence-electron chi connectivity index (χ4n) is 1.98. The van der Waals surface area contributed by atoms with E-state index in [2.05, 4.69) is 12.2 Å². The van der Waals surface area contributed by atoms with E-state index in [4.69, 9.17) is 0 Å². The van der Waals surface area contributed by atoms with Crippen molar-refractivity contribution in [2.24, 2.45) is 5.92 Å². The van der Waals surface area contributed by atoms with Gasteiger partial charge in [-0.25, -0.2) is 8.42 Å². The molecule has 0 saturated carbocycles. The van der Waals surface area contributed by atoms with Gasteiger partial charge in [0, 0.05) is 12.3 Å². The highest BCUT2D eigenvalue weighted by atomic mass is 32.2. The molecule has 15 heavy (non-hydrogen) atoms. The number of hydrogen-bond acceptors (Lipinski definition) is 4. The number of sulfone groups is 1.